The van der Waals surface area contributed by atoms with E-state index >= 15 is 0 Å². The minimum atomic E-state index is -3.97. The Bertz CT molecular complexity index is 1100. The second-order valence-electron chi connectivity index (χ2n) is 6.29. The quantitative estimate of drug-likeness (QED) is 0.421. The molecule has 0 unspecified atom stereocenters. The van der Waals surface area contributed by atoms with Gasteiger partial charge in [-0.25, -0.2) is 8.42 Å². The van der Waals surface area contributed by atoms with Crippen molar-refractivity contribution in [3.05, 3.63) is 82.3 Å². The van der Waals surface area contributed by atoms with Gasteiger partial charge in [-0.3, -0.25) is 4.31 Å². The highest BCUT2D eigenvalue weighted by molar-refractivity contribution is 7.92. The van der Waals surface area contributed by atoms with Gasteiger partial charge >= 0.3 is 0 Å². The minimum absolute atomic E-state index is 0.0586. The third kappa shape index (κ3) is 4.67. The van der Waals surface area contributed by atoms with Gasteiger partial charge in [-0.2, -0.15) is 0 Å². The van der Waals surface area contributed by atoms with Crippen molar-refractivity contribution in [2.24, 2.45) is 0 Å². The van der Waals surface area contributed by atoms with Crippen molar-refractivity contribution < 1.29 is 17.9 Å². The summed E-state index contributed by atoms with van der Waals surface area (Å²) in [7, 11) is -2.45. The summed E-state index contributed by atoms with van der Waals surface area (Å²) in [6, 6.07) is 18.2. The molecule has 0 heterocycles. The van der Waals surface area contributed by atoms with Crippen molar-refractivity contribution in [2.45, 2.75) is 18.4 Å². The number of sulfonamides is 1. The van der Waals surface area contributed by atoms with Crippen LogP contribution in [-0.4, -0.2) is 22.1 Å². The molecule has 0 amide bonds. The standard InChI is InChI=1S/C22H21Cl2NO4S/c1-3-29-22-10-5-4-9-21(22)25(15-18-19(23)7-6-8-20(18)24)30(26,27)17-13-11-16(28-2)12-14-17/h4-14H,3,15H2,1-2H3. The first-order valence-corrected chi connectivity index (χ1v) is 11.4. The molecule has 0 saturated carbocycles. The number of hydrogen-bond donors (Lipinski definition) is 0. The molecule has 3 aromatic carbocycles. The SMILES string of the molecule is CCOc1ccccc1N(Cc1c(Cl)cccc1Cl)S(=O)(=O)c1ccc(OC)cc1. The minimum Gasteiger partial charge on any atom is -0.497 e. The molecule has 0 N–H and O–H groups in total. The first-order valence-electron chi connectivity index (χ1n) is 9.20. The molecule has 5 nitrogen and oxygen atoms in total. The Hall–Kier alpha value is -2.41. The Labute approximate surface area is 186 Å². The zero-order chi connectivity index (χ0) is 21.7. The molecule has 8 heteroatoms. The van der Waals surface area contributed by atoms with E-state index in [1.807, 2.05) is 6.92 Å². The Morgan fingerprint density at radius 1 is 0.900 bits per heavy atom. The lowest BCUT2D eigenvalue weighted by Gasteiger charge is -2.27. The summed E-state index contributed by atoms with van der Waals surface area (Å²) in [6.07, 6.45) is 0. The molecular weight excluding hydrogens is 445 g/mol. The van der Waals surface area contributed by atoms with Crippen LogP contribution < -0.4 is 13.8 Å². The first kappa shape index (κ1) is 22.3. The number of hydrogen-bond acceptors (Lipinski definition) is 4. The zero-order valence-corrected chi connectivity index (χ0v) is 18.8. The third-order valence-corrected chi connectivity index (χ3v) is 6.93. The first-order chi connectivity index (χ1) is 14.4. The fourth-order valence-electron chi connectivity index (χ4n) is 2.94. The van der Waals surface area contributed by atoms with E-state index < -0.39 is 10.0 Å². The smallest absolute Gasteiger partial charge is 0.264 e. The van der Waals surface area contributed by atoms with E-state index in [9.17, 15) is 8.42 Å². The normalized spacial score (nSPS) is 11.2. The lowest BCUT2D eigenvalue weighted by Crippen LogP contribution is -2.31. The average Bonchev–Trinajstić information content (AvgIpc) is 2.74. The fraction of sp³-hybridized carbons (Fsp3) is 0.182. The van der Waals surface area contributed by atoms with E-state index in [1.54, 1.807) is 54.6 Å². The lowest BCUT2D eigenvalue weighted by atomic mass is 10.2. The highest BCUT2D eigenvalue weighted by Crippen LogP contribution is 2.36. The van der Waals surface area contributed by atoms with E-state index in [0.29, 0.717) is 39.4 Å². The molecule has 0 aliphatic carbocycles. The van der Waals surface area contributed by atoms with Gasteiger partial charge in [-0.1, -0.05) is 41.4 Å². The monoisotopic (exact) mass is 465 g/mol. The number of methoxy groups -OCH3 is 1. The molecule has 3 rings (SSSR count). The number of benzene rings is 3. The summed E-state index contributed by atoms with van der Waals surface area (Å²) in [5.41, 5.74) is 0.898. The van der Waals surface area contributed by atoms with Crippen LogP contribution in [0.15, 0.2) is 71.6 Å². The molecule has 0 fully saturated rings. The van der Waals surface area contributed by atoms with Crippen LogP contribution in [-0.2, 0) is 16.6 Å². The number of para-hydroxylation sites is 2. The second-order valence-corrected chi connectivity index (χ2v) is 8.96. The maximum atomic E-state index is 13.7. The third-order valence-electron chi connectivity index (χ3n) is 4.44. The van der Waals surface area contributed by atoms with E-state index in [1.165, 1.54) is 23.5 Å². The maximum absolute atomic E-state index is 13.7. The second kappa shape index (κ2) is 9.60. The van der Waals surface area contributed by atoms with Gasteiger partial charge in [0.25, 0.3) is 10.0 Å². The summed E-state index contributed by atoms with van der Waals surface area (Å²) in [6.45, 7) is 2.17. The molecule has 0 aromatic heterocycles. The van der Waals surface area contributed by atoms with Crippen LogP contribution in [0.1, 0.15) is 12.5 Å². The lowest BCUT2D eigenvalue weighted by molar-refractivity contribution is 0.341. The highest BCUT2D eigenvalue weighted by atomic mass is 35.5. The number of nitrogens with zero attached hydrogens (tertiary/aromatic N) is 1. The van der Waals surface area contributed by atoms with Gasteiger partial charge in [0.15, 0.2) is 0 Å². The van der Waals surface area contributed by atoms with Crippen molar-refractivity contribution in [3.8, 4) is 11.5 Å². The highest BCUT2D eigenvalue weighted by Gasteiger charge is 2.29. The molecule has 0 atom stereocenters. The van der Waals surface area contributed by atoms with Crippen LogP contribution in [0, 0.1) is 0 Å². The van der Waals surface area contributed by atoms with E-state index in [0.717, 1.165) is 0 Å². The maximum Gasteiger partial charge on any atom is 0.264 e. The van der Waals surface area contributed by atoms with Crippen LogP contribution >= 0.6 is 23.2 Å². The Balaban J connectivity index is 2.16. The van der Waals surface area contributed by atoms with Crippen molar-refractivity contribution in [1.82, 2.24) is 0 Å². The molecule has 0 aliphatic heterocycles. The van der Waals surface area contributed by atoms with Crippen LogP contribution in [0.4, 0.5) is 5.69 Å². The van der Waals surface area contributed by atoms with Crippen molar-refractivity contribution in [1.29, 1.82) is 0 Å². The van der Waals surface area contributed by atoms with Gasteiger partial charge < -0.3 is 9.47 Å². The molecule has 0 bridgehead atoms. The molecule has 3 aromatic rings. The van der Waals surface area contributed by atoms with Crippen LogP contribution in [0.3, 0.4) is 0 Å². The van der Waals surface area contributed by atoms with Crippen LogP contribution in [0.25, 0.3) is 0 Å². The Kier molecular flexibility index (Phi) is 7.13. The van der Waals surface area contributed by atoms with Gasteiger partial charge in [0.2, 0.25) is 0 Å². The predicted molar refractivity (Wildman–Crippen MR) is 120 cm³/mol. The van der Waals surface area contributed by atoms with Gasteiger partial charge in [-0.15, -0.1) is 0 Å². The summed E-state index contributed by atoms with van der Waals surface area (Å²) < 4.78 is 39.4. The predicted octanol–water partition coefficient (Wildman–Crippen LogP) is 5.80. The number of halogens is 2. The number of rotatable bonds is 8. The molecule has 0 saturated heterocycles. The molecule has 0 spiro atoms. The molecule has 158 valence electrons. The van der Waals surface area contributed by atoms with Crippen molar-refractivity contribution in [2.75, 3.05) is 18.0 Å². The molecule has 0 radical (unpaired) electrons. The van der Waals surface area contributed by atoms with Gasteiger partial charge in [0, 0.05) is 15.6 Å². The summed E-state index contributed by atoms with van der Waals surface area (Å²) >= 11 is 12.7. The van der Waals surface area contributed by atoms with Gasteiger partial charge in [0.1, 0.15) is 11.5 Å². The van der Waals surface area contributed by atoms with Crippen LogP contribution in [0.2, 0.25) is 10.0 Å². The van der Waals surface area contributed by atoms with Crippen molar-refractivity contribution >= 4 is 38.9 Å². The Morgan fingerprint density at radius 2 is 1.53 bits per heavy atom. The van der Waals surface area contributed by atoms with E-state index in [-0.39, 0.29) is 11.4 Å². The summed E-state index contributed by atoms with van der Waals surface area (Å²) in [4.78, 5) is 0.109. The Morgan fingerprint density at radius 3 is 2.13 bits per heavy atom. The van der Waals surface area contributed by atoms with E-state index in [4.69, 9.17) is 32.7 Å². The largest absolute Gasteiger partial charge is 0.497 e. The number of ether oxygens (including phenoxy) is 2. The fourth-order valence-corrected chi connectivity index (χ4v) is 4.90. The topological polar surface area (TPSA) is 55.8 Å². The summed E-state index contributed by atoms with van der Waals surface area (Å²) in [5, 5.41) is 0.762. The van der Waals surface area contributed by atoms with Gasteiger partial charge in [0.05, 0.1) is 30.8 Å². The zero-order valence-electron chi connectivity index (χ0n) is 16.5. The average molecular weight is 466 g/mol. The number of anilines is 1. The van der Waals surface area contributed by atoms with E-state index in [2.05, 4.69) is 0 Å². The van der Waals surface area contributed by atoms with Gasteiger partial charge in [-0.05, 0) is 55.5 Å². The van der Waals surface area contributed by atoms with Crippen LogP contribution in [0.5, 0.6) is 11.5 Å². The molecule has 30 heavy (non-hydrogen) atoms. The molecular formula is C22H21Cl2NO4S. The van der Waals surface area contributed by atoms with Crippen molar-refractivity contribution in [3.63, 3.8) is 0 Å². The summed E-state index contributed by atoms with van der Waals surface area (Å²) in [5.74, 6) is 1.00. The molecule has 0 aliphatic rings.